The number of aromatic nitrogens is 1. The average Bonchev–Trinajstić information content (AvgIpc) is 4.33. The first-order valence-electron chi connectivity index (χ1n) is 25.5. The largest absolute Gasteiger partial charge is 0.350 e. The van der Waals surface area contributed by atoms with Crippen molar-refractivity contribution in [2.45, 2.75) is 19.6 Å². The Kier molecular flexibility index (Phi) is 12.0. The van der Waals surface area contributed by atoms with Crippen molar-refractivity contribution in [2.75, 3.05) is 0 Å². The molecule has 0 radical (unpaired) electrons. The number of fused-ring (bicyclic) bond motifs is 4. The maximum absolute atomic E-state index is 5.49. The Balaban J connectivity index is 0.796. The molecular formula is C68H52N7+3. The van der Waals surface area contributed by atoms with Crippen molar-refractivity contribution in [1.29, 1.82) is 0 Å². The third kappa shape index (κ3) is 9.42. The summed E-state index contributed by atoms with van der Waals surface area (Å²) < 4.78 is 2.23. The molecule has 0 fully saturated rings. The Morgan fingerprint density at radius 1 is 0.347 bits per heavy atom. The standard InChI is InChI=1S/C68H50N7/c1-5-13-48(14-6-1)45-73-39-33-51(34-40-73)52-35-41-74(42-36-52)46-49-21-23-50(24-22-49)47-75-43-37-56(38-44-75)68-63-31-29-61(71-63)66(54-17-9-3-10-18-54)59-27-25-57(69-59)65(53-15-7-2-8-16-53)58-26-28-60(70-58)67(55-19-11-4-12-20-55)62-30-32-64(68)72-62/h1-44H,45-47H2/q+1/p+2. The van der Waals surface area contributed by atoms with Gasteiger partial charge in [-0.1, -0.05) is 146 Å². The molecule has 75 heavy (non-hydrogen) atoms. The van der Waals surface area contributed by atoms with Crippen LogP contribution in [0.4, 0.5) is 0 Å². The molecular weight excluding hydrogens is 915 g/mol. The van der Waals surface area contributed by atoms with Crippen molar-refractivity contribution in [3.8, 4) is 0 Å². The minimum Gasteiger partial charge on any atom is -0.350 e. The highest BCUT2D eigenvalue weighted by Crippen LogP contribution is 2.35. The number of hydrogen-bond acceptors (Lipinski definition) is 4. The van der Waals surface area contributed by atoms with Crippen LogP contribution < -0.4 is 14.6 Å². The van der Waals surface area contributed by atoms with Crippen molar-refractivity contribution in [3.05, 3.63) is 341 Å². The van der Waals surface area contributed by atoms with Crippen LogP contribution in [0.3, 0.4) is 0 Å². The fourth-order valence-corrected chi connectivity index (χ4v) is 10.4. The van der Waals surface area contributed by atoms with Gasteiger partial charge < -0.3 is 9.80 Å². The predicted octanol–water partition coefficient (Wildman–Crippen LogP) is 9.87. The monoisotopic (exact) mass is 966 g/mol. The molecule has 0 atom stereocenters. The summed E-state index contributed by atoms with van der Waals surface area (Å²) >= 11 is 0. The van der Waals surface area contributed by atoms with Gasteiger partial charge in [-0.3, -0.25) is 0 Å². The number of rotatable bonds is 10. The number of aliphatic imine (C=N–C) groups is 2. The molecule has 356 valence electrons. The van der Waals surface area contributed by atoms with Crippen LogP contribution in [0.2, 0.25) is 0 Å². The van der Waals surface area contributed by atoms with Gasteiger partial charge in [0.15, 0.2) is 18.9 Å². The Bertz CT molecular complexity index is 3750. The van der Waals surface area contributed by atoms with Crippen LogP contribution in [0.5, 0.6) is 0 Å². The van der Waals surface area contributed by atoms with E-state index in [1.807, 2.05) is 0 Å². The normalized spacial score (nSPS) is 17.3. The quantitative estimate of drug-likeness (QED) is 0.135. The summed E-state index contributed by atoms with van der Waals surface area (Å²) in [5.74, 6) is 0. The first-order chi connectivity index (χ1) is 37.1. The lowest BCUT2D eigenvalue weighted by atomic mass is 9.98. The molecule has 13 rings (SSSR count). The summed E-state index contributed by atoms with van der Waals surface area (Å²) in [6.45, 7) is 2.39. The molecule has 8 bridgehead atoms. The van der Waals surface area contributed by atoms with E-state index >= 15 is 0 Å². The molecule has 0 amide bonds. The van der Waals surface area contributed by atoms with Gasteiger partial charge in [0, 0.05) is 85.5 Å². The third-order valence-corrected chi connectivity index (χ3v) is 14.2. The Labute approximate surface area is 437 Å². The molecule has 5 aromatic carbocycles. The van der Waals surface area contributed by atoms with Gasteiger partial charge >= 0.3 is 0 Å². The molecule has 7 aliphatic rings. The van der Waals surface area contributed by atoms with E-state index in [2.05, 4.69) is 292 Å². The molecule has 8 heterocycles. The lowest BCUT2D eigenvalue weighted by Crippen LogP contribution is -2.71. The zero-order valence-electron chi connectivity index (χ0n) is 41.3. The summed E-state index contributed by atoms with van der Waals surface area (Å²) in [5.41, 5.74) is 22.0. The lowest BCUT2D eigenvalue weighted by molar-refractivity contribution is -0.688. The fraction of sp³-hybridized carbons (Fsp3) is 0.0441. The first kappa shape index (κ1) is 45.0. The van der Waals surface area contributed by atoms with E-state index in [1.54, 1.807) is 0 Å². The number of nitrogens with zero attached hydrogens (tertiary/aromatic N) is 5. The molecule has 7 nitrogen and oxygen atoms in total. The lowest BCUT2D eigenvalue weighted by Gasteiger charge is -2.22. The molecule has 0 aliphatic carbocycles. The Morgan fingerprint density at radius 3 is 1.31 bits per heavy atom. The predicted molar refractivity (Wildman–Crippen MR) is 304 cm³/mol. The fourth-order valence-electron chi connectivity index (χ4n) is 10.4. The summed E-state index contributed by atoms with van der Waals surface area (Å²) in [5, 5.41) is 0. The molecule has 7 heteroatoms. The van der Waals surface area contributed by atoms with Gasteiger partial charge in [-0.2, -0.15) is 0 Å². The van der Waals surface area contributed by atoms with Gasteiger partial charge in [-0.25, -0.2) is 24.5 Å². The molecule has 0 saturated heterocycles. The highest BCUT2D eigenvalue weighted by Gasteiger charge is 2.33. The zero-order valence-corrected chi connectivity index (χ0v) is 41.3. The second-order valence-corrected chi connectivity index (χ2v) is 19.2. The number of benzene rings is 5. The second-order valence-electron chi connectivity index (χ2n) is 19.2. The minimum absolute atomic E-state index is 0.738. The van der Waals surface area contributed by atoms with Gasteiger partial charge in [-0.05, 0) is 93.1 Å². The topological polar surface area (TPSA) is 63.0 Å². The van der Waals surface area contributed by atoms with Crippen molar-refractivity contribution in [3.63, 3.8) is 0 Å². The van der Waals surface area contributed by atoms with E-state index in [0.29, 0.717) is 0 Å². The molecule has 2 N–H and O–H groups in total. The van der Waals surface area contributed by atoms with Crippen molar-refractivity contribution >= 4 is 45.1 Å². The van der Waals surface area contributed by atoms with Crippen LogP contribution >= 0.6 is 0 Å². The summed E-state index contributed by atoms with van der Waals surface area (Å²) in [7, 11) is 0. The smallest absolute Gasteiger partial charge is 0.218 e. The molecule has 0 saturated carbocycles. The molecule has 0 spiro atoms. The number of nitrogens with one attached hydrogen (secondary N) is 2. The van der Waals surface area contributed by atoms with Gasteiger partial charge in [0.1, 0.15) is 5.57 Å². The highest BCUT2D eigenvalue weighted by molar-refractivity contribution is 6.37. The van der Waals surface area contributed by atoms with Crippen molar-refractivity contribution in [2.24, 2.45) is 9.98 Å². The maximum atomic E-state index is 5.49. The van der Waals surface area contributed by atoms with Gasteiger partial charge in [0.2, 0.25) is 22.8 Å². The highest BCUT2D eigenvalue weighted by atomic mass is 15.1. The van der Waals surface area contributed by atoms with Crippen LogP contribution in [0.1, 0.15) is 38.9 Å². The number of allylic oxidation sites excluding steroid dienone is 18. The SMILES string of the molecule is C1=CC2=C(c3ccccc3)C3=[NH+]C(=C(c4ccccc4)C4=[NH+]C(=C(c5ccccc5)C5=NC(=C(c6cc[n+](Cc7ccc(CN8C=CC(=C9C=CN(Cc%10ccccc%10)C=C9)C=C8)cc7)cc6)C1=N2)C=C5)C=C4)C=C3. The van der Waals surface area contributed by atoms with Crippen LogP contribution in [-0.4, -0.2) is 32.6 Å². The summed E-state index contributed by atoms with van der Waals surface area (Å²) in [6, 6.07) is 55.6. The molecule has 7 aliphatic heterocycles. The van der Waals surface area contributed by atoms with Crippen LogP contribution in [0.15, 0.2) is 312 Å². The Hall–Kier alpha value is -9.85. The first-order valence-corrected chi connectivity index (χ1v) is 25.5. The molecule has 6 aromatic rings. The van der Waals surface area contributed by atoms with E-state index in [0.717, 1.165) is 110 Å². The van der Waals surface area contributed by atoms with E-state index in [4.69, 9.17) is 9.98 Å². The molecule has 0 unspecified atom stereocenters. The summed E-state index contributed by atoms with van der Waals surface area (Å²) in [6.07, 6.45) is 39.1. The van der Waals surface area contributed by atoms with Gasteiger partial charge in [0.25, 0.3) is 0 Å². The van der Waals surface area contributed by atoms with E-state index < -0.39 is 0 Å². The zero-order chi connectivity index (χ0) is 49.9. The van der Waals surface area contributed by atoms with Gasteiger partial charge in [0.05, 0.1) is 34.0 Å². The minimum atomic E-state index is 0.738. The third-order valence-electron chi connectivity index (χ3n) is 14.2. The van der Waals surface area contributed by atoms with E-state index in [1.165, 1.54) is 27.8 Å². The van der Waals surface area contributed by atoms with Crippen LogP contribution in [0.25, 0.3) is 22.3 Å². The van der Waals surface area contributed by atoms with Crippen molar-refractivity contribution in [1.82, 2.24) is 9.80 Å². The van der Waals surface area contributed by atoms with Crippen LogP contribution in [0, 0.1) is 0 Å². The van der Waals surface area contributed by atoms with Crippen LogP contribution in [-0.2, 0) is 19.6 Å². The number of hydrogen-bond donors (Lipinski definition) is 2. The van der Waals surface area contributed by atoms with Crippen molar-refractivity contribution < 1.29 is 14.6 Å². The van der Waals surface area contributed by atoms with E-state index in [-0.39, 0.29) is 0 Å². The molecule has 1 aromatic heterocycles. The van der Waals surface area contributed by atoms with Gasteiger partial charge in [-0.15, -0.1) is 0 Å². The maximum Gasteiger partial charge on any atom is 0.218 e. The average molecular weight is 967 g/mol. The van der Waals surface area contributed by atoms with E-state index in [9.17, 15) is 0 Å². The second kappa shape index (κ2) is 20.0. The summed E-state index contributed by atoms with van der Waals surface area (Å²) in [4.78, 5) is 23.2. The number of pyridine rings is 1. The Morgan fingerprint density at radius 2 is 0.760 bits per heavy atom.